The van der Waals surface area contributed by atoms with Crippen LogP contribution in [-0.4, -0.2) is 27.6 Å². The van der Waals surface area contributed by atoms with E-state index >= 15 is 13.2 Å². The monoisotopic (exact) mass is 710 g/mol. The topological polar surface area (TPSA) is 34.0 Å². The molecule has 2 aromatic heterocycles. The highest BCUT2D eigenvalue weighted by Crippen LogP contribution is 2.46. The summed E-state index contributed by atoms with van der Waals surface area (Å²) in [4.78, 5) is 8.32. The van der Waals surface area contributed by atoms with Gasteiger partial charge in [0.25, 0.3) is 0 Å². The number of aromatic nitrogens is 3. The first-order valence-corrected chi connectivity index (χ1v) is 18.7. The zero-order valence-corrected chi connectivity index (χ0v) is 29.5. The number of alkyl halides is 3. The summed E-state index contributed by atoms with van der Waals surface area (Å²) in [5.74, 6) is 0. The lowest BCUT2D eigenvalue weighted by molar-refractivity contribution is -0.141. The number of hydrogen-bond donors (Lipinski definition) is 0. The molecule has 0 spiro atoms. The van der Waals surface area contributed by atoms with Crippen LogP contribution in [0.5, 0.6) is 0 Å². The van der Waals surface area contributed by atoms with Crippen LogP contribution >= 0.6 is 11.8 Å². The molecule has 4 nitrogen and oxygen atoms in total. The van der Waals surface area contributed by atoms with Crippen molar-refractivity contribution in [3.8, 4) is 11.1 Å². The highest BCUT2D eigenvalue weighted by Gasteiger charge is 2.44. The van der Waals surface area contributed by atoms with Crippen LogP contribution in [0.1, 0.15) is 53.3 Å². The van der Waals surface area contributed by atoms with E-state index in [1.54, 1.807) is 30.2 Å². The number of pyridine rings is 1. The largest absolute Gasteiger partial charge is 0.435 e. The van der Waals surface area contributed by atoms with E-state index in [2.05, 4.69) is 45.5 Å². The average Bonchev–Trinajstić information content (AvgIpc) is 3.66. The molecule has 1 saturated heterocycles. The van der Waals surface area contributed by atoms with E-state index in [4.69, 9.17) is 0 Å². The van der Waals surface area contributed by atoms with Gasteiger partial charge in [0.15, 0.2) is 5.69 Å². The SMILES string of the molecule is CSc1ccccc1C1CCCCN1c1ccnc2ccc(-c3cn(C(c4ccccc4)(c4ccccc4)c4ccccc4)nc3C(F)(F)F)cc12. The molecular weight excluding hydrogens is 674 g/mol. The predicted molar refractivity (Wildman–Crippen MR) is 205 cm³/mol. The predicted octanol–water partition coefficient (Wildman–Crippen LogP) is 11.4. The molecule has 0 aliphatic carbocycles. The fourth-order valence-corrected chi connectivity index (χ4v) is 8.59. The summed E-state index contributed by atoms with van der Waals surface area (Å²) in [5.41, 5.74) is 3.67. The molecule has 0 bridgehead atoms. The van der Waals surface area contributed by atoms with Gasteiger partial charge in [-0.1, -0.05) is 115 Å². The Morgan fingerprint density at radius 2 is 1.33 bits per heavy atom. The summed E-state index contributed by atoms with van der Waals surface area (Å²) in [6.45, 7) is 0.843. The van der Waals surface area contributed by atoms with Crippen molar-refractivity contribution in [1.82, 2.24) is 14.8 Å². The minimum Gasteiger partial charge on any atom is -0.364 e. The highest BCUT2D eigenvalue weighted by atomic mass is 32.2. The Morgan fingerprint density at radius 3 is 1.94 bits per heavy atom. The Balaban J connectivity index is 1.34. The lowest BCUT2D eigenvalue weighted by atomic mass is 9.77. The van der Waals surface area contributed by atoms with E-state index in [1.807, 2.05) is 109 Å². The van der Waals surface area contributed by atoms with Crippen molar-refractivity contribution in [3.63, 3.8) is 0 Å². The number of thioether (sulfide) groups is 1. The minimum absolute atomic E-state index is 0.0132. The summed E-state index contributed by atoms with van der Waals surface area (Å²) >= 11 is 1.74. The first-order valence-electron chi connectivity index (χ1n) is 17.5. The Labute approximate surface area is 306 Å². The molecule has 7 aromatic rings. The van der Waals surface area contributed by atoms with Crippen LogP contribution in [0.3, 0.4) is 0 Å². The molecule has 1 aliphatic heterocycles. The lowest BCUT2D eigenvalue weighted by Gasteiger charge is -2.39. The van der Waals surface area contributed by atoms with Gasteiger partial charge >= 0.3 is 6.18 Å². The first-order chi connectivity index (χ1) is 25.4. The maximum Gasteiger partial charge on any atom is 0.435 e. The molecule has 260 valence electrons. The summed E-state index contributed by atoms with van der Waals surface area (Å²) in [6.07, 6.45) is 3.89. The summed E-state index contributed by atoms with van der Waals surface area (Å²) < 4.78 is 47.2. The molecule has 52 heavy (non-hydrogen) atoms. The van der Waals surface area contributed by atoms with Gasteiger partial charge in [0.1, 0.15) is 5.54 Å². The smallest absolute Gasteiger partial charge is 0.364 e. The molecule has 1 fully saturated rings. The van der Waals surface area contributed by atoms with E-state index in [0.717, 1.165) is 59.1 Å². The molecule has 1 unspecified atom stereocenters. The molecule has 5 aromatic carbocycles. The highest BCUT2D eigenvalue weighted by molar-refractivity contribution is 7.98. The van der Waals surface area contributed by atoms with E-state index in [0.29, 0.717) is 5.56 Å². The number of anilines is 1. The van der Waals surface area contributed by atoms with Crippen molar-refractivity contribution >= 4 is 28.4 Å². The van der Waals surface area contributed by atoms with Gasteiger partial charge in [-0.25, -0.2) is 0 Å². The third kappa shape index (κ3) is 5.95. The molecule has 0 N–H and O–H groups in total. The Hall–Kier alpha value is -5.34. The number of halogens is 3. The number of fused-ring (bicyclic) bond motifs is 1. The second-order valence-corrected chi connectivity index (χ2v) is 14.0. The second kappa shape index (κ2) is 14.0. The maximum atomic E-state index is 15.2. The summed E-state index contributed by atoms with van der Waals surface area (Å²) in [5, 5.41) is 5.30. The zero-order chi connectivity index (χ0) is 35.7. The molecule has 0 amide bonds. The van der Waals surface area contributed by atoms with Gasteiger partial charge in [0.2, 0.25) is 0 Å². The van der Waals surface area contributed by atoms with E-state index < -0.39 is 17.4 Å². The standard InChI is InChI=1S/C44H37F3N4S/c1-52-41-23-12-11-21-35(41)39-22-13-14-28-50(39)40-26-27-48-38-25-24-31(29-36(38)40)37-30-51(49-42(37)44(45,46)47)43(32-15-5-2-6-16-32,33-17-7-3-8-18-33)34-19-9-4-10-20-34/h2-12,15-21,23-27,29-30,39H,13-14,22,28H2,1H3. The number of piperidine rings is 1. The van der Waals surface area contributed by atoms with Crippen molar-refractivity contribution in [2.24, 2.45) is 0 Å². The molecule has 1 aliphatic rings. The van der Waals surface area contributed by atoms with E-state index in [-0.39, 0.29) is 11.6 Å². The van der Waals surface area contributed by atoms with E-state index in [9.17, 15) is 0 Å². The number of benzene rings is 5. The van der Waals surface area contributed by atoms with Gasteiger partial charge in [-0.05, 0) is 77.6 Å². The number of nitrogens with zero attached hydrogens (tertiary/aromatic N) is 4. The number of rotatable bonds is 8. The molecular formula is C44H37F3N4S. The molecule has 1 atom stereocenters. The van der Waals surface area contributed by atoms with Crippen LogP contribution in [0, 0.1) is 0 Å². The van der Waals surface area contributed by atoms with Crippen LogP contribution in [0.2, 0.25) is 0 Å². The van der Waals surface area contributed by atoms with Gasteiger partial charge in [-0.2, -0.15) is 18.3 Å². The first kappa shape index (κ1) is 33.8. The van der Waals surface area contributed by atoms with Crippen molar-refractivity contribution < 1.29 is 13.2 Å². The summed E-state index contributed by atoms with van der Waals surface area (Å²) in [7, 11) is 0. The summed E-state index contributed by atoms with van der Waals surface area (Å²) in [6, 6.07) is 45.0. The quantitative estimate of drug-likeness (QED) is 0.116. The van der Waals surface area contributed by atoms with Crippen molar-refractivity contribution in [2.45, 2.75) is 41.9 Å². The maximum absolute atomic E-state index is 15.2. The Bertz CT molecular complexity index is 2210. The third-order valence-corrected chi connectivity index (χ3v) is 11.1. The van der Waals surface area contributed by atoms with Crippen molar-refractivity contribution in [3.05, 3.63) is 180 Å². The fraction of sp³-hybridized carbons (Fsp3) is 0.182. The second-order valence-electron chi connectivity index (χ2n) is 13.2. The molecule has 8 rings (SSSR count). The van der Waals surface area contributed by atoms with Gasteiger partial charge in [0, 0.05) is 40.5 Å². The zero-order valence-electron chi connectivity index (χ0n) is 28.7. The van der Waals surface area contributed by atoms with Gasteiger partial charge < -0.3 is 4.90 Å². The van der Waals surface area contributed by atoms with Crippen molar-refractivity contribution in [2.75, 3.05) is 17.7 Å². The fourth-order valence-electron chi connectivity index (χ4n) is 7.94. The van der Waals surface area contributed by atoms with Gasteiger partial charge in [-0.15, -0.1) is 11.8 Å². The van der Waals surface area contributed by atoms with Crippen LogP contribution < -0.4 is 4.90 Å². The molecule has 8 heteroatoms. The van der Waals surface area contributed by atoms with Gasteiger partial charge in [0.05, 0.1) is 11.6 Å². The number of hydrogen-bond acceptors (Lipinski definition) is 4. The molecule has 0 saturated carbocycles. The van der Waals surface area contributed by atoms with Crippen LogP contribution in [-0.2, 0) is 11.7 Å². The molecule has 0 radical (unpaired) electrons. The van der Waals surface area contributed by atoms with Crippen LogP contribution in [0.4, 0.5) is 18.9 Å². The van der Waals surface area contributed by atoms with Crippen LogP contribution in [0.15, 0.2) is 157 Å². The third-order valence-electron chi connectivity index (χ3n) is 10.2. The molecule has 3 heterocycles. The lowest BCUT2D eigenvalue weighted by Crippen LogP contribution is -2.38. The Morgan fingerprint density at radius 1 is 0.712 bits per heavy atom. The van der Waals surface area contributed by atoms with Crippen molar-refractivity contribution in [1.29, 1.82) is 0 Å². The normalized spacial score (nSPS) is 15.2. The van der Waals surface area contributed by atoms with E-state index in [1.165, 1.54) is 15.1 Å². The average molecular weight is 711 g/mol. The van der Waals surface area contributed by atoms with Crippen LogP contribution in [0.25, 0.3) is 22.0 Å². The Kier molecular flexibility index (Phi) is 9.09. The minimum atomic E-state index is -4.72. The van der Waals surface area contributed by atoms with Gasteiger partial charge in [-0.3, -0.25) is 9.67 Å².